The summed E-state index contributed by atoms with van der Waals surface area (Å²) in [6.07, 6.45) is 11.8. The molecule has 1 aromatic heterocycles. The minimum atomic E-state index is -0.563. The standard InChI is InChI=1S/C22H24N2O4S/c1-6-10-11-12-16(7-2)14-28-18(9-4)17(8-3)13-19(25)24-21-20(22(26)27-5)29-15-23-21/h6-12,15H,1-4,13-14H2,5H3,(H,24,25)/b11-10-,16-12+,18-17-. The van der Waals surface area contributed by atoms with E-state index in [1.54, 1.807) is 18.2 Å². The number of nitrogens with zero attached hydrogens (tertiary/aromatic N) is 1. The van der Waals surface area contributed by atoms with E-state index in [-0.39, 0.29) is 29.6 Å². The molecular formula is C22H24N2O4S. The van der Waals surface area contributed by atoms with E-state index < -0.39 is 5.97 Å². The van der Waals surface area contributed by atoms with Gasteiger partial charge < -0.3 is 14.8 Å². The Morgan fingerprint density at radius 2 is 1.93 bits per heavy atom. The normalized spacial score (nSPS) is 12.0. The van der Waals surface area contributed by atoms with Crippen molar-refractivity contribution in [1.29, 1.82) is 0 Å². The summed E-state index contributed by atoms with van der Waals surface area (Å²) in [5.41, 5.74) is 2.83. The summed E-state index contributed by atoms with van der Waals surface area (Å²) in [4.78, 5) is 28.3. The Morgan fingerprint density at radius 3 is 2.52 bits per heavy atom. The summed E-state index contributed by atoms with van der Waals surface area (Å²) in [6.45, 7) is 15.1. The molecule has 1 aromatic rings. The van der Waals surface area contributed by atoms with Gasteiger partial charge in [0.15, 0.2) is 10.7 Å². The molecule has 0 saturated carbocycles. The van der Waals surface area contributed by atoms with E-state index in [0.717, 1.165) is 16.9 Å². The van der Waals surface area contributed by atoms with Gasteiger partial charge in [0.05, 0.1) is 19.0 Å². The van der Waals surface area contributed by atoms with Crippen LogP contribution in [-0.4, -0.2) is 30.6 Å². The highest BCUT2D eigenvalue weighted by Gasteiger charge is 2.18. The lowest BCUT2D eigenvalue weighted by atomic mass is 10.1. The lowest BCUT2D eigenvalue weighted by Crippen LogP contribution is -2.15. The summed E-state index contributed by atoms with van der Waals surface area (Å²) in [5.74, 6) is -0.372. The van der Waals surface area contributed by atoms with Crippen LogP contribution in [-0.2, 0) is 14.3 Å². The Hall–Kier alpha value is -3.45. The molecule has 7 heteroatoms. The molecule has 6 nitrogen and oxygen atoms in total. The third kappa shape index (κ3) is 7.59. The molecule has 1 N–H and O–H groups in total. The quantitative estimate of drug-likeness (QED) is 0.304. The maximum Gasteiger partial charge on any atom is 0.351 e. The van der Waals surface area contributed by atoms with Crippen molar-refractivity contribution in [2.24, 2.45) is 0 Å². The number of esters is 1. The fourth-order valence-corrected chi connectivity index (χ4v) is 2.72. The first-order valence-corrected chi connectivity index (χ1v) is 9.41. The van der Waals surface area contributed by atoms with Crippen molar-refractivity contribution in [3.05, 3.63) is 96.1 Å². The van der Waals surface area contributed by atoms with Crippen LogP contribution in [0.15, 0.2) is 91.3 Å². The van der Waals surface area contributed by atoms with Gasteiger partial charge in [0.2, 0.25) is 5.91 Å². The maximum atomic E-state index is 12.4. The Morgan fingerprint density at radius 1 is 1.17 bits per heavy atom. The van der Waals surface area contributed by atoms with E-state index in [4.69, 9.17) is 4.74 Å². The highest BCUT2D eigenvalue weighted by atomic mass is 32.1. The average Bonchev–Trinajstić information content (AvgIpc) is 3.19. The molecule has 152 valence electrons. The lowest BCUT2D eigenvalue weighted by Gasteiger charge is -2.12. The van der Waals surface area contributed by atoms with Crippen LogP contribution >= 0.6 is 11.3 Å². The molecule has 0 fully saturated rings. The second-order valence-electron chi connectivity index (χ2n) is 5.40. The van der Waals surface area contributed by atoms with Crippen LogP contribution in [0.4, 0.5) is 5.82 Å². The van der Waals surface area contributed by atoms with Crippen molar-refractivity contribution < 1.29 is 19.1 Å². The fraction of sp³-hybridized carbons (Fsp3) is 0.136. The van der Waals surface area contributed by atoms with Gasteiger partial charge in [-0.15, -0.1) is 11.3 Å². The predicted molar refractivity (Wildman–Crippen MR) is 118 cm³/mol. The van der Waals surface area contributed by atoms with Crippen LogP contribution in [0.3, 0.4) is 0 Å². The molecule has 0 aliphatic rings. The van der Waals surface area contributed by atoms with Gasteiger partial charge in [0, 0.05) is 5.57 Å². The van der Waals surface area contributed by atoms with E-state index in [1.165, 1.54) is 24.8 Å². The number of thiazole rings is 1. The number of nitrogens with one attached hydrogen (secondary N) is 1. The molecule has 1 amide bonds. The van der Waals surface area contributed by atoms with Gasteiger partial charge >= 0.3 is 5.97 Å². The van der Waals surface area contributed by atoms with Gasteiger partial charge in [0.1, 0.15) is 12.4 Å². The molecule has 29 heavy (non-hydrogen) atoms. The van der Waals surface area contributed by atoms with Gasteiger partial charge in [0.25, 0.3) is 0 Å². The number of rotatable bonds is 12. The molecule has 0 aliphatic heterocycles. The minimum Gasteiger partial charge on any atom is -0.489 e. The second-order valence-corrected chi connectivity index (χ2v) is 6.25. The molecule has 0 unspecified atom stereocenters. The maximum absolute atomic E-state index is 12.4. The SMILES string of the molecule is C=C/C=C\C=C(/C=C)CO/C(C=C)=C(/C=C)CC(=O)Nc1ncsc1C(=O)OC. The van der Waals surface area contributed by atoms with E-state index in [1.807, 2.05) is 12.2 Å². The Bertz CT molecular complexity index is 875. The number of ether oxygens (including phenoxy) is 2. The van der Waals surface area contributed by atoms with Crippen molar-refractivity contribution in [1.82, 2.24) is 4.98 Å². The largest absolute Gasteiger partial charge is 0.489 e. The number of methoxy groups -OCH3 is 1. The zero-order valence-corrected chi connectivity index (χ0v) is 17.2. The average molecular weight is 413 g/mol. The van der Waals surface area contributed by atoms with Crippen molar-refractivity contribution >= 4 is 29.0 Å². The van der Waals surface area contributed by atoms with Crippen LogP contribution in [0.25, 0.3) is 0 Å². The first-order chi connectivity index (χ1) is 14.0. The molecule has 0 saturated heterocycles. The van der Waals surface area contributed by atoms with Crippen molar-refractivity contribution in [2.45, 2.75) is 6.42 Å². The summed E-state index contributed by atoms with van der Waals surface area (Å²) < 4.78 is 10.4. The summed E-state index contributed by atoms with van der Waals surface area (Å²) in [7, 11) is 1.26. The smallest absolute Gasteiger partial charge is 0.351 e. The number of amides is 1. The van der Waals surface area contributed by atoms with Crippen LogP contribution < -0.4 is 5.32 Å². The molecule has 0 aliphatic carbocycles. The Balaban J connectivity index is 2.89. The number of carbonyl (C=O) groups is 2. The molecule has 0 bridgehead atoms. The van der Waals surface area contributed by atoms with Crippen LogP contribution in [0.5, 0.6) is 0 Å². The molecule has 0 atom stereocenters. The van der Waals surface area contributed by atoms with Crippen molar-refractivity contribution in [3.63, 3.8) is 0 Å². The first-order valence-electron chi connectivity index (χ1n) is 8.53. The van der Waals surface area contributed by atoms with Crippen LogP contribution in [0.2, 0.25) is 0 Å². The number of hydrogen-bond donors (Lipinski definition) is 1. The minimum absolute atomic E-state index is 0.0352. The van der Waals surface area contributed by atoms with Gasteiger partial charge in [-0.25, -0.2) is 9.78 Å². The lowest BCUT2D eigenvalue weighted by molar-refractivity contribution is -0.115. The number of allylic oxidation sites excluding steroid dienone is 6. The zero-order chi connectivity index (χ0) is 21.6. The van der Waals surface area contributed by atoms with Crippen LogP contribution in [0.1, 0.15) is 16.1 Å². The fourth-order valence-electron chi connectivity index (χ4n) is 2.06. The Labute approximate surface area is 174 Å². The van der Waals surface area contributed by atoms with Gasteiger partial charge in [-0.2, -0.15) is 0 Å². The molecule has 0 aromatic carbocycles. The van der Waals surface area contributed by atoms with Crippen molar-refractivity contribution in [3.8, 4) is 0 Å². The van der Waals surface area contributed by atoms with Gasteiger partial charge in [-0.3, -0.25) is 4.79 Å². The molecule has 1 rings (SSSR count). The first kappa shape index (κ1) is 23.6. The third-order valence-electron chi connectivity index (χ3n) is 3.51. The van der Waals surface area contributed by atoms with Gasteiger partial charge in [-0.1, -0.05) is 62.8 Å². The molecule has 0 radical (unpaired) electrons. The van der Waals surface area contributed by atoms with E-state index in [0.29, 0.717) is 11.3 Å². The predicted octanol–water partition coefficient (Wildman–Crippen LogP) is 4.76. The second kappa shape index (κ2) is 12.9. The Kier molecular flexibility index (Phi) is 10.5. The molecule has 0 spiro atoms. The number of aromatic nitrogens is 1. The monoisotopic (exact) mass is 412 g/mol. The van der Waals surface area contributed by atoms with E-state index >= 15 is 0 Å². The number of anilines is 1. The zero-order valence-electron chi connectivity index (χ0n) is 16.3. The summed E-state index contributed by atoms with van der Waals surface area (Å²) >= 11 is 1.08. The van der Waals surface area contributed by atoms with Crippen LogP contribution in [0, 0.1) is 0 Å². The molecular weight excluding hydrogens is 388 g/mol. The third-order valence-corrected chi connectivity index (χ3v) is 4.32. The van der Waals surface area contributed by atoms with E-state index in [9.17, 15) is 9.59 Å². The molecule has 1 heterocycles. The highest BCUT2D eigenvalue weighted by molar-refractivity contribution is 7.12. The van der Waals surface area contributed by atoms with Gasteiger partial charge in [-0.05, 0) is 11.6 Å². The van der Waals surface area contributed by atoms with Crippen molar-refractivity contribution in [2.75, 3.05) is 19.0 Å². The topological polar surface area (TPSA) is 77.5 Å². The number of carbonyl (C=O) groups excluding carboxylic acids is 2. The summed E-state index contributed by atoms with van der Waals surface area (Å²) in [5, 5.41) is 2.60. The summed E-state index contributed by atoms with van der Waals surface area (Å²) in [6, 6.07) is 0. The highest BCUT2D eigenvalue weighted by Crippen LogP contribution is 2.21. The van der Waals surface area contributed by atoms with E-state index in [2.05, 4.69) is 41.4 Å². The number of hydrogen-bond acceptors (Lipinski definition) is 6.